The van der Waals surface area contributed by atoms with E-state index in [9.17, 15) is 13.2 Å². The molecular weight excluding hydrogens is 197 g/mol. The quantitative estimate of drug-likeness (QED) is 0.524. The number of alkyl halides is 3. The Morgan fingerprint density at radius 1 is 1.29 bits per heavy atom. The summed E-state index contributed by atoms with van der Waals surface area (Å²) in [6.07, 6.45) is 3.81. The largest absolute Gasteiger partial charge is 0.414 e. The molecule has 0 spiro atoms. The number of hydrogen-bond donors (Lipinski definition) is 0. The van der Waals surface area contributed by atoms with Gasteiger partial charge in [-0.25, -0.2) is 9.78 Å². The highest BCUT2D eigenvalue weighted by Gasteiger charge is 2.28. The molecule has 1 atom stereocenters. The maximum atomic E-state index is 11.7. The topological polar surface area (TPSA) is 18.5 Å². The molecule has 0 aliphatic heterocycles. The summed E-state index contributed by atoms with van der Waals surface area (Å²) >= 11 is 0. The lowest BCUT2D eigenvalue weighted by Crippen LogP contribution is -2.20. The van der Waals surface area contributed by atoms with Gasteiger partial charge in [0.2, 0.25) is 0 Å². The second-order valence-electron chi connectivity index (χ2n) is 2.90. The van der Waals surface area contributed by atoms with Crippen molar-refractivity contribution in [1.82, 2.24) is 0 Å². The summed E-state index contributed by atoms with van der Waals surface area (Å²) < 4.78 is 35.0. The molecule has 0 N–H and O–H groups in total. The smallest absolute Gasteiger partial charge is 0.229 e. The van der Waals surface area contributed by atoms with Crippen LogP contribution in [0.5, 0.6) is 0 Å². The first kappa shape index (κ1) is 11.3. The van der Waals surface area contributed by atoms with E-state index in [1.165, 1.54) is 0 Å². The Hall–Kier alpha value is -0.810. The average Bonchev–Trinajstić information content (AvgIpc) is 2.30. The van der Waals surface area contributed by atoms with Crippen molar-refractivity contribution in [3.8, 4) is 0 Å². The fraction of sp³-hybridized carbons (Fsp3) is 0.556. The summed E-state index contributed by atoms with van der Waals surface area (Å²) in [5, 5.41) is 0. The van der Waals surface area contributed by atoms with Crippen LogP contribution < -0.4 is 0 Å². The van der Waals surface area contributed by atoms with Crippen LogP contribution in [0.3, 0.4) is 0 Å². The third-order valence-electron chi connectivity index (χ3n) is 1.61. The van der Waals surface area contributed by atoms with Crippen molar-refractivity contribution in [1.29, 1.82) is 0 Å². The van der Waals surface area contributed by atoms with Crippen molar-refractivity contribution in [2.45, 2.75) is 25.1 Å². The van der Waals surface area contributed by atoms with E-state index >= 15 is 0 Å². The van der Waals surface area contributed by atoms with E-state index in [4.69, 9.17) is 0 Å². The number of hydrogen-bond acceptors (Lipinski definition) is 2. The van der Waals surface area contributed by atoms with Gasteiger partial charge >= 0.3 is 6.18 Å². The Balaban J connectivity index is 2.18. The molecule has 1 unspecified atom stereocenters. The van der Waals surface area contributed by atoms with Crippen LogP contribution in [0.4, 0.5) is 13.2 Å². The SMILES string of the molecule is FC(F)(F)COOC1C=CC=CCC1. The van der Waals surface area contributed by atoms with Gasteiger partial charge in [0.1, 0.15) is 6.10 Å². The van der Waals surface area contributed by atoms with Gasteiger partial charge in [-0.15, -0.1) is 0 Å². The van der Waals surface area contributed by atoms with Crippen LogP contribution >= 0.6 is 0 Å². The van der Waals surface area contributed by atoms with E-state index in [1.807, 2.05) is 12.2 Å². The Morgan fingerprint density at radius 2 is 2.07 bits per heavy atom. The molecule has 0 amide bonds. The van der Waals surface area contributed by atoms with Gasteiger partial charge in [0.25, 0.3) is 0 Å². The van der Waals surface area contributed by atoms with Crippen LogP contribution in [0.25, 0.3) is 0 Å². The molecule has 0 heterocycles. The molecule has 14 heavy (non-hydrogen) atoms. The van der Waals surface area contributed by atoms with E-state index in [2.05, 4.69) is 9.78 Å². The van der Waals surface area contributed by atoms with Gasteiger partial charge in [-0.05, 0) is 12.8 Å². The van der Waals surface area contributed by atoms with Crippen LogP contribution in [0.2, 0.25) is 0 Å². The lowest BCUT2D eigenvalue weighted by molar-refractivity contribution is -0.355. The average molecular weight is 208 g/mol. The monoisotopic (exact) mass is 208 g/mol. The van der Waals surface area contributed by atoms with E-state index in [-0.39, 0.29) is 0 Å². The van der Waals surface area contributed by atoms with Crippen LogP contribution in [-0.4, -0.2) is 18.9 Å². The minimum atomic E-state index is -4.34. The standard InChI is InChI=1S/C9H11F3O2/c10-9(11,12)7-13-14-8-5-3-1-2-4-6-8/h1-3,5,8H,4,6-7H2. The Kier molecular flexibility index (Phi) is 4.16. The first-order chi connectivity index (χ1) is 6.58. The molecule has 0 saturated heterocycles. The third kappa shape index (κ3) is 5.04. The van der Waals surface area contributed by atoms with Crippen molar-refractivity contribution >= 4 is 0 Å². The first-order valence-corrected chi connectivity index (χ1v) is 4.26. The second kappa shape index (κ2) is 5.17. The molecule has 1 aliphatic rings. The molecule has 0 bridgehead atoms. The third-order valence-corrected chi connectivity index (χ3v) is 1.61. The molecule has 80 valence electrons. The van der Waals surface area contributed by atoms with E-state index < -0.39 is 18.9 Å². The Labute approximate surface area is 79.9 Å². The highest BCUT2D eigenvalue weighted by atomic mass is 19.4. The molecule has 1 aliphatic carbocycles. The van der Waals surface area contributed by atoms with Crippen LogP contribution in [0, 0.1) is 0 Å². The molecule has 1 rings (SSSR count). The van der Waals surface area contributed by atoms with E-state index in [1.54, 1.807) is 12.2 Å². The van der Waals surface area contributed by atoms with Gasteiger partial charge in [0.15, 0.2) is 6.61 Å². The Bertz CT molecular complexity index is 221. The maximum absolute atomic E-state index is 11.7. The summed E-state index contributed by atoms with van der Waals surface area (Å²) in [7, 11) is 0. The first-order valence-electron chi connectivity index (χ1n) is 4.26. The van der Waals surface area contributed by atoms with Crippen molar-refractivity contribution < 1.29 is 22.9 Å². The second-order valence-corrected chi connectivity index (χ2v) is 2.90. The molecule has 0 saturated carbocycles. The van der Waals surface area contributed by atoms with Gasteiger partial charge in [0, 0.05) is 0 Å². The van der Waals surface area contributed by atoms with E-state index in [0.717, 1.165) is 6.42 Å². The van der Waals surface area contributed by atoms with Crippen molar-refractivity contribution in [3.63, 3.8) is 0 Å². The number of rotatable bonds is 3. The number of allylic oxidation sites excluding steroid dienone is 3. The minimum Gasteiger partial charge on any atom is -0.229 e. The molecule has 0 fully saturated rings. The summed E-state index contributed by atoms with van der Waals surface area (Å²) in [6.45, 7) is -1.37. The van der Waals surface area contributed by atoms with Gasteiger partial charge < -0.3 is 0 Å². The Morgan fingerprint density at radius 3 is 2.79 bits per heavy atom. The molecule has 0 aromatic carbocycles. The molecule has 0 aromatic heterocycles. The summed E-state index contributed by atoms with van der Waals surface area (Å²) in [5.74, 6) is 0. The zero-order chi connectivity index (χ0) is 10.4. The zero-order valence-corrected chi connectivity index (χ0v) is 7.46. The van der Waals surface area contributed by atoms with Crippen LogP contribution in [-0.2, 0) is 9.78 Å². The summed E-state index contributed by atoms with van der Waals surface area (Å²) in [5.41, 5.74) is 0. The van der Waals surface area contributed by atoms with Gasteiger partial charge in [-0.1, -0.05) is 24.3 Å². The maximum Gasteiger partial charge on any atom is 0.414 e. The number of halogens is 3. The minimum absolute atomic E-state index is 0.396. The van der Waals surface area contributed by atoms with Crippen molar-refractivity contribution in [2.24, 2.45) is 0 Å². The van der Waals surface area contributed by atoms with Crippen LogP contribution in [0.15, 0.2) is 24.3 Å². The van der Waals surface area contributed by atoms with Crippen molar-refractivity contribution in [2.75, 3.05) is 6.61 Å². The lowest BCUT2D eigenvalue weighted by atomic mass is 10.2. The molecule has 2 nitrogen and oxygen atoms in total. The fourth-order valence-corrected chi connectivity index (χ4v) is 0.988. The van der Waals surface area contributed by atoms with Gasteiger partial charge in [0.05, 0.1) is 0 Å². The molecular formula is C9H11F3O2. The van der Waals surface area contributed by atoms with E-state index in [0.29, 0.717) is 6.42 Å². The predicted molar refractivity (Wildman–Crippen MR) is 44.4 cm³/mol. The highest BCUT2D eigenvalue weighted by Crippen LogP contribution is 2.16. The summed E-state index contributed by atoms with van der Waals surface area (Å²) in [6, 6.07) is 0. The highest BCUT2D eigenvalue weighted by molar-refractivity contribution is 5.08. The lowest BCUT2D eigenvalue weighted by Gasteiger charge is -2.12. The molecule has 5 heteroatoms. The molecule has 0 aromatic rings. The zero-order valence-electron chi connectivity index (χ0n) is 7.46. The molecule has 0 radical (unpaired) electrons. The van der Waals surface area contributed by atoms with Crippen molar-refractivity contribution in [3.05, 3.63) is 24.3 Å². The summed E-state index contributed by atoms with van der Waals surface area (Å²) in [4.78, 5) is 8.68. The normalized spacial score (nSPS) is 22.4. The fourth-order valence-electron chi connectivity index (χ4n) is 0.988. The van der Waals surface area contributed by atoms with Gasteiger partial charge in [-0.2, -0.15) is 13.2 Å². The predicted octanol–water partition coefficient (Wildman–Crippen LogP) is 2.77. The van der Waals surface area contributed by atoms with Crippen LogP contribution in [0.1, 0.15) is 12.8 Å². The van der Waals surface area contributed by atoms with Gasteiger partial charge in [-0.3, -0.25) is 0 Å².